The van der Waals surface area contributed by atoms with Crippen LogP contribution in [0.15, 0.2) is 27.6 Å². The summed E-state index contributed by atoms with van der Waals surface area (Å²) in [6.45, 7) is 1.70. The van der Waals surface area contributed by atoms with Gasteiger partial charge in [0.1, 0.15) is 0 Å². The zero-order valence-corrected chi connectivity index (χ0v) is 11.2. The van der Waals surface area contributed by atoms with Crippen molar-refractivity contribution in [1.82, 2.24) is 0 Å². The molecule has 0 spiro atoms. The first kappa shape index (κ1) is 11.1. The Bertz CT molecular complexity index is 413. The molecule has 16 heavy (non-hydrogen) atoms. The molecule has 0 bridgehead atoms. The first-order chi connectivity index (χ1) is 7.67. The Kier molecular flexibility index (Phi) is 2.78. The monoisotopic (exact) mass is 300 g/mol. The second kappa shape index (κ2) is 4.02. The van der Waals surface area contributed by atoms with E-state index in [1.54, 1.807) is 0 Å². The van der Waals surface area contributed by atoms with Crippen LogP contribution in [-0.4, -0.2) is 23.6 Å². The zero-order chi connectivity index (χ0) is 11.2. The van der Waals surface area contributed by atoms with Gasteiger partial charge >= 0.3 is 0 Å². The minimum atomic E-state index is -0.536. The van der Waals surface area contributed by atoms with Crippen molar-refractivity contribution in [2.45, 2.75) is 28.6 Å². The summed E-state index contributed by atoms with van der Waals surface area (Å²) >= 11 is 5.42. The molecule has 4 heteroatoms. The van der Waals surface area contributed by atoms with Gasteiger partial charge in [-0.15, -0.1) is 11.8 Å². The molecule has 2 nitrogen and oxygen atoms in total. The van der Waals surface area contributed by atoms with Gasteiger partial charge < -0.3 is 9.84 Å². The van der Waals surface area contributed by atoms with Crippen LogP contribution in [0.3, 0.4) is 0 Å². The number of rotatable bonds is 3. The lowest BCUT2D eigenvalue weighted by Crippen LogP contribution is -2.30. The highest BCUT2D eigenvalue weighted by molar-refractivity contribution is 9.10. The Morgan fingerprint density at radius 1 is 1.38 bits per heavy atom. The molecule has 1 aliphatic carbocycles. The summed E-state index contributed by atoms with van der Waals surface area (Å²) in [6.07, 6.45) is 1.78. The molecule has 1 N–H and O–H groups in total. The van der Waals surface area contributed by atoms with Crippen molar-refractivity contribution in [2.75, 3.05) is 13.2 Å². The van der Waals surface area contributed by atoms with Gasteiger partial charge in [-0.1, -0.05) is 6.07 Å². The van der Waals surface area contributed by atoms with Crippen LogP contribution in [0, 0.1) is 0 Å². The Balaban J connectivity index is 1.79. The molecule has 1 aliphatic heterocycles. The van der Waals surface area contributed by atoms with Crippen LogP contribution in [0.5, 0.6) is 0 Å². The van der Waals surface area contributed by atoms with E-state index in [0.717, 1.165) is 36.1 Å². The molecule has 0 atom stereocenters. The molecular formula is C12H13BrO2S. The van der Waals surface area contributed by atoms with Crippen LogP contribution in [-0.2, 0) is 10.3 Å². The maximum Gasteiger partial charge on any atom is 0.0899 e. The minimum Gasteiger partial charge on any atom is -0.385 e. The Labute approximate surface area is 108 Å². The molecule has 1 heterocycles. The third kappa shape index (κ3) is 2.04. The van der Waals surface area contributed by atoms with E-state index in [1.807, 2.05) is 17.8 Å². The minimum absolute atomic E-state index is 0.536. The van der Waals surface area contributed by atoms with E-state index in [0.29, 0.717) is 5.25 Å². The summed E-state index contributed by atoms with van der Waals surface area (Å²) in [5.41, 5.74) is 0.499. The molecule has 2 aliphatic rings. The van der Waals surface area contributed by atoms with Crippen LogP contribution >= 0.6 is 27.7 Å². The van der Waals surface area contributed by atoms with Crippen LogP contribution < -0.4 is 0 Å². The van der Waals surface area contributed by atoms with Gasteiger partial charge in [-0.3, -0.25) is 0 Å². The molecule has 1 saturated heterocycles. The van der Waals surface area contributed by atoms with Gasteiger partial charge in [0.2, 0.25) is 0 Å². The third-order valence-corrected chi connectivity index (χ3v) is 5.23. The quantitative estimate of drug-likeness (QED) is 0.931. The summed E-state index contributed by atoms with van der Waals surface area (Å²) in [7, 11) is 0. The van der Waals surface area contributed by atoms with E-state index in [4.69, 9.17) is 4.74 Å². The number of benzene rings is 1. The van der Waals surface area contributed by atoms with Crippen LogP contribution in [0.2, 0.25) is 0 Å². The Morgan fingerprint density at radius 2 is 2.12 bits per heavy atom. The SMILES string of the molecule is OC1(c2ccc(SC3COC3)c(Br)c2)CC1. The summed E-state index contributed by atoms with van der Waals surface area (Å²) < 4.78 is 6.24. The molecule has 0 amide bonds. The van der Waals surface area contributed by atoms with Gasteiger partial charge in [0, 0.05) is 9.37 Å². The fourth-order valence-corrected chi connectivity index (χ4v) is 3.42. The molecule has 3 rings (SSSR count). The van der Waals surface area contributed by atoms with Crippen LogP contribution in [0.25, 0.3) is 0 Å². The summed E-state index contributed by atoms with van der Waals surface area (Å²) in [4.78, 5) is 1.24. The van der Waals surface area contributed by atoms with E-state index < -0.39 is 5.60 Å². The van der Waals surface area contributed by atoms with Gasteiger partial charge in [0.25, 0.3) is 0 Å². The van der Waals surface area contributed by atoms with Gasteiger partial charge in [-0.25, -0.2) is 0 Å². The van der Waals surface area contributed by atoms with Crippen molar-refractivity contribution < 1.29 is 9.84 Å². The van der Waals surface area contributed by atoms with E-state index >= 15 is 0 Å². The summed E-state index contributed by atoms with van der Waals surface area (Å²) in [5, 5.41) is 10.6. The predicted molar refractivity (Wildman–Crippen MR) is 67.7 cm³/mol. The standard InChI is InChI=1S/C12H13BrO2S/c13-10-5-8(12(14)3-4-12)1-2-11(10)16-9-6-15-7-9/h1-2,5,9,14H,3-4,6-7H2. The Morgan fingerprint density at radius 3 is 2.62 bits per heavy atom. The normalized spacial score (nSPS) is 22.9. The number of aliphatic hydroxyl groups is 1. The predicted octanol–water partition coefficient (Wildman–Crippen LogP) is 2.92. The molecule has 2 fully saturated rings. The van der Waals surface area contributed by atoms with Crippen molar-refractivity contribution in [3.05, 3.63) is 28.2 Å². The molecule has 0 radical (unpaired) electrons. The average molecular weight is 301 g/mol. The van der Waals surface area contributed by atoms with E-state index in [9.17, 15) is 5.11 Å². The number of ether oxygens (including phenoxy) is 1. The van der Waals surface area contributed by atoms with Gasteiger partial charge in [0.15, 0.2) is 0 Å². The fourth-order valence-electron chi connectivity index (χ4n) is 1.75. The van der Waals surface area contributed by atoms with E-state index in [-0.39, 0.29) is 0 Å². The Hall–Kier alpha value is -0.0300. The molecule has 0 aromatic heterocycles. The van der Waals surface area contributed by atoms with Crippen LogP contribution in [0.1, 0.15) is 18.4 Å². The second-order valence-corrected chi connectivity index (χ2v) is 6.65. The first-order valence-electron chi connectivity index (χ1n) is 5.44. The topological polar surface area (TPSA) is 29.5 Å². The van der Waals surface area contributed by atoms with Gasteiger partial charge in [-0.2, -0.15) is 0 Å². The lowest BCUT2D eigenvalue weighted by Gasteiger charge is -2.25. The number of thioether (sulfide) groups is 1. The fraction of sp³-hybridized carbons (Fsp3) is 0.500. The van der Waals surface area contributed by atoms with Gasteiger partial charge in [-0.05, 0) is 46.5 Å². The smallest absolute Gasteiger partial charge is 0.0899 e. The largest absolute Gasteiger partial charge is 0.385 e. The second-order valence-electron chi connectivity index (χ2n) is 4.45. The average Bonchev–Trinajstić information content (AvgIpc) is 2.93. The number of halogens is 1. The van der Waals surface area contributed by atoms with Crippen molar-refractivity contribution in [1.29, 1.82) is 0 Å². The highest BCUT2D eigenvalue weighted by Gasteiger charge is 2.42. The maximum absolute atomic E-state index is 10.0. The number of hydrogen-bond acceptors (Lipinski definition) is 3. The highest BCUT2D eigenvalue weighted by atomic mass is 79.9. The first-order valence-corrected chi connectivity index (χ1v) is 7.11. The lowest BCUT2D eigenvalue weighted by molar-refractivity contribution is 0.0455. The maximum atomic E-state index is 10.0. The van der Waals surface area contributed by atoms with E-state index in [1.165, 1.54) is 4.90 Å². The molecule has 1 saturated carbocycles. The summed E-state index contributed by atoms with van der Waals surface area (Å²) in [5.74, 6) is 0. The van der Waals surface area contributed by atoms with Crippen molar-refractivity contribution in [3.63, 3.8) is 0 Å². The number of hydrogen-bond donors (Lipinski definition) is 1. The zero-order valence-electron chi connectivity index (χ0n) is 8.78. The molecule has 1 aromatic rings. The van der Waals surface area contributed by atoms with Crippen molar-refractivity contribution in [2.24, 2.45) is 0 Å². The van der Waals surface area contributed by atoms with Crippen molar-refractivity contribution in [3.8, 4) is 0 Å². The third-order valence-electron chi connectivity index (χ3n) is 3.09. The summed E-state index contributed by atoms with van der Waals surface area (Å²) in [6, 6.07) is 6.19. The molecule has 0 unspecified atom stereocenters. The van der Waals surface area contributed by atoms with Crippen LogP contribution in [0.4, 0.5) is 0 Å². The molecule has 86 valence electrons. The van der Waals surface area contributed by atoms with Gasteiger partial charge in [0.05, 0.1) is 24.1 Å². The van der Waals surface area contributed by atoms with E-state index in [2.05, 4.69) is 28.1 Å². The van der Waals surface area contributed by atoms with Crippen molar-refractivity contribution >= 4 is 27.7 Å². The molecular weight excluding hydrogens is 288 g/mol. The lowest BCUT2D eigenvalue weighted by atomic mass is 10.1. The highest BCUT2D eigenvalue weighted by Crippen LogP contribution is 2.47. The molecule has 1 aromatic carbocycles.